The molecular formula is C22H30N6O3. The molecule has 0 aromatic heterocycles. The molecule has 2 heterocycles. The van der Waals surface area contributed by atoms with Crippen LogP contribution < -0.4 is 31.7 Å². The number of carbonyl (C=O) groups is 1. The third kappa shape index (κ3) is 4.97. The summed E-state index contributed by atoms with van der Waals surface area (Å²) in [5, 5.41) is 29.1. The van der Waals surface area contributed by atoms with E-state index >= 15 is 0 Å². The van der Waals surface area contributed by atoms with Crippen LogP contribution in [0.15, 0.2) is 54.6 Å². The fourth-order valence-corrected chi connectivity index (χ4v) is 4.26. The van der Waals surface area contributed by atoms with Crippen molar-refractivity contribution >= 4 is 17.3 Å². The van der Waals surface area contributed by atoms with E-state index in [2.05, 4.69) is 38.9 Å². The fraction of sp³-hybridized carbons (Fsp3) is 0.409. The molecule has 7 N–H and O–H groups in total. The van der Waals surface area contributed by atoms with Gasteiger partial charge in [-0.25, -0.2) is 5.43 Å². The van der Waals surface area contributed by atoms with Gasteiger partial charge < -0.3 is 20.4 Å². The molecule has 2 saturated heterocycles. The number of hydrogen-bond acceptors (Lipinski definition) is 8. The Bertz CT molecular complexity index is 844. The average Bonchev–Trinajstić information content (AvgIpc) is 2.80. The summed E-state index contributed by atoms with van der Waals surface area (Å²) in [7, 11) is 0. The molecule has 1 amide bonds. The van der Waals surface area contributed by atoms with Gasteiger partial charge in [0, 0.05) is 37.1 Å². The number of hydrazine groups is 1. The number of nitrogens with one attached hydrogen (secondary N) is 5. The van der Waals surface area contributed by atoms with Gasteiger partial charge in [-0.2, -0.15) is 0 Å². The maximum atomic E-state index is 12.6. The van der Waals surface area contributed by atoms with Crippen molar-refractivity contribution in [3.63, 3.8) is 0 Å². The van der Waals surface area contributed by atoms with Crippen molar-refractivity contribution in [3.05, 3.63) is 60.2 Å². The number of aliphatic hydroxyl groups excluding tert-OH is 2. The molecule has 0 aliphatic carbocycles. The minimum Gasteiger partial charge on any atom is -0.395 e. The van der Waals surface area contributed by atoms with Crippen LogP contribution in [-0.4, -0.2) is 61.2 Å². The van der Waals surface area contributed by atoms with E-state index in [1.807, 2.05) is 47.4 Å². The lowest BCUT2D eigenvalue weighted by Crippen LogP contribution is -2.71. The molecule has 0 bridgehead atoms. The molecule has 4 rings (SSSR count). The van der Waals surface area contributed by atoms with E-state index in [0.29, 0.717) is 19.6 Å². The summed E-state index contributed by atoms with van der Waals surface area (Å²) in [5.41, 5.74) is 8.62. The smallest absolute Gasteiger partial charge is 0.242 e. The molecule has 9 heteroatoms. The van der Waals surface area contributed by atoms with Crippen LogP contribution in [0.3, 0.4) is 0 Å². The molecule has 0 radical (unpaired) electrons. The number of benzene rings is 2. The number of nitrogens with zero attached hydrogens (tertiary/aromatic N) is 1. The van der Waals surface area contributed by atoms with Gasteiger partial charge in [-0.1, -0.05) is 30.3 Å². The van der Waals surface area contributed by atoms with Gasteiger partial charge in [0.15, 0.2) is 0 Å². The van der Waals surface area contributed by atoms with Crippen LogP contribution in [-0.2, 0) is 4.79 Å². The first kappa shape index (κ1) is 21.5. The topological polar surface area (TPSA) is 121 Å². The first-order chi connectivity index (χ1) is 15.2. The minimum absolute atomic E-state index is 0.0199. The summed E-state index contributed by atoms with van der Waals surface area (Å²) in [6, 6.07) is 17.9. The van der Waals surface area contributed by atoms with Crippen molar-refractivity contribution in [1.29, 1.82) is 0 Å². The molecule has 9 nitrogen and oxygen atoms in total. The maximum absolute atomic E-state index is 12.6. The number of rotatable bonds is 8. The summed E-state index contributed by atoms with van der Waals surface area (Å²) in [5.74, 6) is -0.352. The second kappa shape index (κ2) is 10.1. The molecule has 166 valence electrons. The van der Waals surface area contributed by atoms with Crippen molar-refractivity contribution in [2.75, 3.05) is 43.1 Å². The highest BCUT2D eigenvalue weighted by molar-refractivity contribution is 5.81. The largest absolute Gasteiger partial charge is 0.395 e. The highest BCUT2D eigenvalue weighted by Crippen LogP contribution is 2.26. The van der Waals surface area contributed by atoms with Gasteiger partial charge in [-0.3, -0.25) is 20.9 Å². The SMILES string of the molecule is O=C1NNCC2NC(c3ccccc3)NC(Nc3ccc(N(CCO)CCO)cc3)C12. The van der Waals surface area contributed by atoms with Crippen LogP contribution in [0.2, 0.25) is 0 Å². The zero-order chi connectivity index (χ0) is 21.6. The second-order valence-corrected chi connectivity index (χ2v) is 7.78. The lowest BCUT2D eigenvalue weighted by molar-refractivity contribution is -0.131. The average molecular weight is 427 g/mol. The van der Waals surface area contributed by atoms with Crippen molar-refractivity contribution in [3.8, 4) is 0 Å². The van der Waals surface area contributed by atoms with Gasteiger partial charge in [0.1, 0.15) is 0 Å². The molecule has 2 aliphatic rings. The van der Waals surface area contributed by atoms with E-state index in [1.165, 1.54) is 0 Å². The molecule has 4 atom stereocenters. The van der Waals surface area contributed by atoms with Gasteiger partial charge in [-0.15, -0.1) is 0 Å². The number of amides is 1. The second-order valence-electron chi connectivity index (χ2n) is 7.78. The lowest BCUT2D eigenvalue weighted by Gasteiger charge is -2.46. The molecule has 2 fully saturated rings. The van der Waals surface area contributed by atoms with E-state index in [0.717, 1.165) is 16.9 Å². The summed E-state index contributed by atoms with van der Waals surface area (Å²) < 4.78 is 0. The van der Waals surface area contributed by atoms with E-state index in [4.69, 9.17) is 0 Å². The first-order valence-electron chi connectivity index (χ1n) is 10.6. The summed E-state index contributed by atoms with van der Waals surface area (Å²) in [6.07, 6.45) is -0.355. The molecule has 31 heavy (non-hydrogen) atoms. The van der Waals surface area contributed by atoms with Gasteiger partial charge >= 0.3 is 0 Å². The van der Waals surface area contributed by atoms with Crippen LogP contribution in [0, 0.1) is 5.92 Å². The normalized spacial score (nSPS) is 25.4. The van der Waals surface area contributed by atoms with Crippen LogP contribution >= 0.6 is 0 Å². The molecule has 2 aliphatic heterocycles. The lowest BCUT2D eigenvalue weighted by atomic mass is 9.89. The zero-order valence-corrected chi connectivity index (χ0v) is 17.3. The molecule has 2 aromatic rings. The first-order valence-corrected chi connectivity index (χ1v) is 10.6. The van der Waals surface area contributed by atoms with Gasteiger partial charge in [-0.05, 0) is 29.8 Å². The monoisotopic (exact) mass is 426 g/mol. The Morgan fingerprint density at radius 1 is 0.968 bits per heavy atom. The Labute approximate surface area is 181 Å². The number of anilines is 2. The van der Waals surface area contributed by atoms with Crippen molar-refractivity contribution in [1.82, 2.24) is 21.5 Å². The van der Waals surface area contributed by atoms with Crippen molar-refractivity contribution in [2.45, 2.75) is 18.4 Å². The van der Waals surface area contributed by atoms with E-state index < -0.39 is 0 Å². The Morgan fingerprint density at radius 2 is 1.68 bits per heavy atom. The molecule has 2 aromatic carbocycles. The molecule has 0 spiro atoms. The van der Waals surface area contributed by atoms with Crippen LogP contribution in [0.5, 0.6) is 0 Å². The van der Waals surface area contributed by atoms with E-state index in [9.17, 15) is 15.0 Å². The van der Waals surface area contributed by atoms with Crippen molar-refractivity contribution < 1.29 is 15.0 Å². The third-order valence-electron chi connectivity index (χ3n) is 5.78. The quantitative estimate of drug-likeness (QED) is 0.308. The number of carbonyl (C=O) groups excluding carboxylic acids is 1. The Hall–Kier alpha value is -2.69. The summed E-state index contributed by atoms with van der Waals surface area (Å²) in [4.78, 5) is 14.5. The number of fused-ring (bicyclic) bond motifs is 1. The third-order valence-corrected chi connectivity index (χ3v) is 5.78. The minimum atomic E-state index is -0.291. The Balaban J connectivity index is 1.52. The van der Waals surface area contributed by atoms with E-state index in [1.54, 1.807) is 0 Å². The summed E-state index contributed by atoms with van der Waals surface area (Å²) in [6.45, 7) is 1.59. The van der Waals surface area contributed by atoms with Gasteiger partial charge in [0.25, 0.3) is 0 Å². The predicted octanol–water partition coefficient (Wildman–Crippen LogP) is -0.274. The van der Waals surface area contributed by atoms with Crippen LogP contribution in [0.4, 0.5) is 11.4 Å². The predicted molar refractivity (Wildman–Crippen MR) is 119 cm³/mol. The number of aliphatic hydroxyl groups is 2. The molecule has 0 saturated carbocycles. The number of hydrogen-bond donors (Lipinski definition) is 7. The fourth-order valence-electron chi connectivity index (χ4n) is 4.26. The van der Waals surface area contributed by atoms with Gasteiger partial charge in [0.2, 0.25) is 5.91 Å². The van der Waals surface area contributed by atoms with Gasteiger partial charge in [0.05, 0.1) is 31.5 Å². The Morgan fingerprint density at radius 3 is 2.35 bits per heavy atom. The zero-order valence-electron chi connectivity index (χ0n) is 17.3. The maximum Gasteiger partial charge on any atom is 0.242 e. The summed E-state index contributed by atoms with van der Waals surface area (Å²) >= 11 is 0. The van der Waals surface area contributed by atoms with Crippen LogP contribution in [0.1, 0.15) is 11.7 Å². The van der Waals surface area contributed by atoms with E-state index in [-0.39, 0.29) is 43.4 Å². The highest BCUT2D eigenvalue weighted by Gasteiger charge is 2.43. The molecule has 4 unspecified atom stereocenters. The Kier molecular flexibility index (Phi) is 7.00. The molecular weight excluding hydrogens is 396 g/mol. The highest BCUT2D eigenvalue weighted by atomic mass is 16.3. The van der Waals surface area contributed by atoms with Crippen LogP contribution in [0.25, 0.3) is 0 Å². The van der Waals surface area contributed by atoms with Crippen molar-refractivity contribution in [2.24, 2.45) is 5.92 Å². The standard InChI is InChI=1S/C22H30N6O3/c29-12-10-28(11-13-30)17-8-6-16(7-9-17)24-21-19-18(14-23-27-22(19)31)25-20(26-21)15-4-2-1-3-5-15/h1-9,18-21,23-26,29-30H,10-14H2,(H,27,31).